The average molecular weight is 302 g/mol. The molecule has 0 atom stereocenters. The monoisotopic (exact) mass is 301 g/mol. The van der Waals surface area contributed by atoms with Crippen LogP contribution >= 0.6 is 11.6 Å². The Morgan fingerprint density at radius 1 is 1.33 bits per heavy atom. The maximum absolute atomic E-state index is 12.6. The minimum atomic E-state index is -0.0389. The number of allylic oxidation sites excluding steroid dienone is 2. The van der Waals surface area contributed by atoms with Gasteiger partial charge in [0.1, 0.15) is 0 Å². The second-order valence-corrected chi connectivity index (χ2v) is 4.60. The third-order valence-corrected chi connectivity index (χ3v) is 3.16. The van der Waals surface area contributed by atoms with Crippen LogP contribution in [-0.4, -0.2) is 4.98 Å². The quantitative estimate of drug-likeness (QED) is 0.744. The van der Waals surface area contributed by atoms with Crippen molar-refractivity contribution in [2.45, 2.75) is 27.2 Å². The Labute approximate surface area is 130 Å². The van der Waals surface area contributed by atoms with Crippen LogP contribution in [0.5, 0.6) is 0 Å². The van der Waals surface area contributed by atoms with Crippen LogP contribution in [0.15, 0.2) is 47.9 Å². The molecule has 0 bridgehead atoms. The molecule has 1 aromatic heterocycles. The van der Waals surface area contributed by atoms with Crippen molar-refractivity contribution in [2.75, 3.05) is 0 Å². The molecule has 110 valence electrons. The van der Waals surface area contributed by atoms with Crippen LogP contribution in [0.3, 0.4) is 0 Å². The zero-order chi connectivity index (χ0) is 15.8. The lowest BCUT2D eigenvalue weighted by Gasteiger charge is -1.97. The van der Waals surface area contributed by atoms with Crippen molar-refractivity contribution >= 4 is 28.6 Å². The smallest absolute Gasteiger partial charge is 0.192 e. The SMILES string of the molecule is C=Cc1ccc2ncc(Cl)cc2c(=O)c1C/C=C\C.CC. The summed E-state index contributed by atoms with van der Waals surface area (Å²) in [5, 5.41) is 1.01. The van der Waals surface area contributed by atoms with E-state index in [1.165, 1.54) is 0 Å². The van der Waals surface area contributed by atoms with E-state index in [4.69, 9.17) is 11.6 Å². The Kier molecular flexibility index (Phi) is 6.83. The molecule has 0 aliphatic carbocycles. The largest absolute Gasteiger partial charge is 0.289 e. The Morgan fingerprint density at radius 2 is 2.05 bits per heavy atom. The highest BCUT2D eigenvalue weighted by Crippen LogP contribution is 2.16. The van der Waals surface area contributed by atoms with Gasteiger partial charge >= 0.3 is 0 Å². The molecule has 1 aromatic carbocycles. The summed E-state index contributed by atoms with van der Waals surface area (Å²) in [6.45, 7) is 9.70. The molecule has 0 fully saturated rings. The molecule has 0 amide bonds. The second kappa shape index (κ2) is 8.38. The third-order valence-electron chi connectivity index (χ3n) is 2.95. The van der Waals surface area contributed by atoms with Crippen molar-refractivity contribution < 1.29 is 0 Å². The molecule has 0 unspecified atom stereocenters. The molecule has 0 aliphatic rings. The predicted octanol–water partition coefficient (Wildman–Crippen LogP) is 5.04. The number of rotatable bonds is 3. The standard InChI is InChI=1S/C16H14ClNO.C2H6/c1-3-5-6-13-11(4-2)7-8-15-14(16(13)19)9-12(17)10-18-15;1-2/h3-5,7-10H,2,6H2,1H3;1-2H3/b5-3-;. The summed E-state index contributed by atoms with van der Waals surface area (Å²) in [5.41, 5.74) is 2.15. The summed E-state index contributed by atoms with van der Waals surface area (Å²) in [4.78, 5) is 16.8. The van der Waals surface area contributed by atoms with Gasteiger partial charge in [-0.05, 0) is 31.0 Å². The molecular weight excluding hydrogens is 282 g/mol. The van der Waals surface area contributed by atoms with Crippen molar-refractivity contribution in [3.63, 3.8) is 0 Å². The van der Waals surface area contributed by atoms with Crippen LogP contribution in [0.1, 0.15) is 31.9 Å². The summed E-state index contributed by atoms with van der Waals surface area (Å²) >= 11 is 5.93. The number of nitrogens with zero attached hydrogens (tertiary/aromatic N) is 1. The Balaban J connectivity index is 0.00000106. The molecule has 0 radical (unpaired) electrons. The van der Waals surface area contributed by atoms with E-state index in [0.717, 1.165) is 5.56 Å². The van der Waals surface area contributed by atoms with Crippen LogP contribution in [0.4, 0.5) is 0 Å². The van der Waals surface area contributed by atoms with Crippen LogP contribution in [-0.2, 0) is 6.42 Å². The van der Waals surface area contributed by atoms with E-state index in [0.29, 0.717) is 27.9 Å². The molecule has 0 saturated carbocycles. The molecule has 2 aromatic rings. The van der Waals surface area contributed by atoms with Crippen molar-refractivity contribution in [3.8, 4) is 0 Å². The van der Waals surface area contributed by atoms with E-state index in [1.807, 2.05) is 45.1 Å². The lowest BCUT2D eigenvalue weighted by Crippen LogP contribution is -2.07. The van der Waals surface area contributed by atoms with Crippen LogP contribution in [0.2, 0.25) is 5.02 Å². The minimum absolute atomic E-state index is 0.0389. The van der Waals surface area contributed by atoms with Crippen molar-refractivity contribution in [3.05, 3.63) is 69.5 Å². The van der Waals surface area contributed by atoms with E-state index >= 15 is 0 Å². The van der Waals surface area contributed by atoms with Crippen LogP contribution in [0.25, 0.3) is 17.0 Å². The molecule has 2 rings (SSSR count). The first kappa shape index (κ1) is 17.1. The maximum atomic E-state index is 12.6. The number of pyridine rings is 1. The fourth-order valence-corrected chi connectivity index (χ4v) is 2.12. The molecule has 21 heavy (non-hydrogen) atoms. The lowest BCUT2D eigenvalue weighted by molar-refractivity contribution is 1.24. The van der Waals surface area contributed by atoms with Gasteiger partial charge in [0.2, 0.25) is 0 Å². The summed E-state index contributed by atoms with van der Waals surface area (Å²) in [6.07, 6.45) is 7.69. The zero-order valence-corrected chi connectivity index (χ0v) is 13.4. The number of halogens is 1. The first-order valence-electron chi connectivity index (χ1n) is 7.02. The first-order valence-corrected chi connectivity index (χ1v) is 7.40. The molecule has 0 aliphatic heterocycles. The van der Waals surface area contributed by atoms with Gasteiger partial charge in [0.15, 0.2) is 5.43 Å². The van der Waals surface area contributed by atoms with Gasteiger partial charge in [-0.3, -0.25) is 9.78 Å². The molecule has 0 saturated heterocycles. The topological polar surface area (TPSA) is 30.0 Å². The summed E-state index contributed by atoms with van der Waals surface area (Å²) in [7, 11) is 0. The highest BCUT2D eigenvalue weighted by Gasteiger charge is 2.07. The summed E-state index contributed by atoms with van der Waals surface area (Å²) in [6, 6.07) is 5.36. The van der Waals surface area contributed by atoms with Gasteiger partial charge in [0.05, 0.1) is 10.5 Å². The van der Waals surface area contributed by atoms with E-state index in [2.05, 4.69) is 11.6 Å². The minimum Gasteiger partial charge on any atom is -0.289 e. The van der Waals surface area contributed by atoms with Crippen molar-refractivity contribution in [1.82, 2.24) is 4.98 Å². The zero-order valence-electron chi connectivity index (χ0n) is 12.7. The number of hydrogen-bond donors (Lipinski definition) is 0. The number of hydrogen-bond acceptors (Lipinski definition) is 2. The normalized spacial score (nSPS) is 10.3. The predicted molar refractivity (Wildman–Crippen MR) is 93.0 cm³/mol. The highest BCUT2D eigenvalue weighted by atomic mass is 35.5. The number of fused-ring (bicyclic) bond motifs is 1. The highest BCUT2D eigenvalue weighted by molar-refractivity contribution is 6.31. The molecular formula is C18H20ClNO. The van der Waals surface area contributed by atoms with Gasteiger partial charge in [-0.2, -0.15) is 0 Å². The van der Waals surface area contributed by atoms with E-state index < -0.39 is 0 Å². The molecule has 0 spiro atoms. The third kappa shape index (κ3) is 4.02. The fraction of sp³-hybridized carbons (Fsp3) is 0.222. The van der Waals surface area contributed by atoms with E-state index in [-0.39, 0.29) is 5.43 Å². The Bertz CT molecular complexity index is 720. The second-order valence-electron chi connectivity index (χ2n) is 4.16. The van der Waals surface area contributed by atoms with E-state index in [1.54, 1.807) is 18.3 Å². The van der Waals surface area contributed by atoms with Gasteiger partial charge in [-0.15, -0.1) is 0 Å². The van der Waals surface area contributed by atoms with Gasteiger partial charge in [0, 0.05) is 17.1 Å². The van der Waals surface area contributed by atoms with Crippen molar-refractivity contribution in [2.24, 2.45) is 0 Å². The first-order chi connectivity index (χ1) is 10.2. The molecule has 2 nitrogen and oxygen atoms in total. The average Bonchev–Trinajstić information content (AvgIpc) is 2.64. The van der Waals surface area contributed by atoms with E-state index in [9.17, 15) is 4.79 Å². The van der Waals surface area contributed by atoms with Gasteiger partial charge < -0.3 is 0 Å². The molecule has 1 heterocycles. The van der Waals surface area contributed by atoms with Crippen LogP contribution < -0.4 is 5.43 Å². The van der Waals surface area contributed by atoms with Crippen LogP contribution in [0, 0.1) is 0 Å². The number of aromatic nitrogens is 1. The van der Waals surface area contributed by atoms with Gasteiger partial charge in [0.25, 0.3) is 0 Å². The van der Waals surface area contributed by atoms with Gasteiger partial charge in [-0.1, -0.05) is 56.3 Å². The Morgan fingerprint density at radius 3 is 2.67 bits per heavy atom. The van der Waals surface area contributed by atoms with Gasteiger partial charge in [-0.25, -0.2) is 0 Å². The maximum Gasteiger partial charge on any atom is 0.192 e. The lowest BCUT2D eigenvalue weighted by atomic mass is 10.1. The molecule has 3 heteroatoms. The summed E-state index contributed by atoms with van der Waals surface area (Å²) in [5.74, 6) is 0. The molecule has 0 N–H and O–H groups in total. The van der Waals surface area contributed by atoms with Crippen molar-refractivity contribution in [1.29, 1.82) is 0 Å². The summed E-state index contributed by atoms with van der Waals surface area (Å²) < 4.78 is 0. The Hall–Kier alpha value is -1.93. The fourth-order valence-electron chi connectivity index (χ4n) is 1.96.